The third-order valence-electron chi connectivity index (χ3n) is 5.41. The minimum atomic E-state index is 0.478. The lowest BCUT2D eigenvalue weighted by Crippen LogP contribution is -2.37. The Morgan fingerprint density at radius 3 is 2.38 bits per heavy atom. The molecule has 0 atom stereocenters. The van der Waals surface area contributed by atoms with Crippen LogP contribution in [0.2, 0.25) is 0 Å². The fraction of sp³-hybridized carbons (Fsp3) is 0.526. The van der Waals surface area contributed by atoms with E-state index in [2.05, 4.69) is 36.1 Å². The van der Waals surface area contributed by atoms with Crippen LogP contribution >= 0.6 is 11.8 Å². The van der Waals surface area contributed by atoms with Gasteiger partial charge in [0.1, 0.15) is 0 Å². The molecule has 2 aliphatic rings. The zero-order valence-corrected chi connectivity index (χ0v) is 17.1. The summed E-state index contributed by atoms with van der Waals surface area (Å²) in [7, 11) is 0. The molecule has 0 aliphatic carbocycles. The summed E-state index contributed by atoms with van der Waals surface area (Å²) in [6.07, 6.45) is 4.85. The predicted octanol–water partition coefficient (Wildman–Crippen LogP) is 1.67. The van der Waals surface area contributed by atoms with Crippen molar-refractivity contribution in [3.05, 3.63) is 30.1 Å². The molecule has 0 saturated carbocycles. The van der Waals surface area contributed by atoms with Crippen molar-refractivity contribution >= 4 is 34.7 Å². The van der Waals surface area contributed by atoms with Crippen LogP contribution in [0.25, 0.3) is 11.3 Å². The molecule has 0 radical (unpaired) electrons. The van der Waals surface area contributed by atoms with Gasteiger partial charge in [-0.15, -0.1) is 0 Å². The molecule has 5 heterocycles. The van der Waals surface area contributed by atoms with Crippen LogP contribution in [0.1, 0.15) is 12.0 Å². The normalized spacial score (nSPS) is 18.9. The van der Waals surface area contributed by atoms with Gasteiger partial charge in [0.15, 0.2) is 11.6 Å². The highest BCUT2D eigenvalue weighted by Gasteiger charge is 2.25. The standard InChI is InChI=1S/C19H24N8OS/c1-3-15(13-20-4-1)14-25-5-2-6-26(8-7-25)18-19(27-9-11-29-12-10-27)22-17-16(21-18)23-28-24-17/h1,3-4,13H,2,5-12,14H2. The summed E-state index contributed by atoms with van der Waals surface area (Å²) in [6.45, 7) is 6.76. The maximum Gasteiger partial charge on any atom is 0.245 e. The Labute approximate surface area is 173 Å². The van der Waals surface area contributed by atoms with Gasteiger partial charge in [-0.05, 0) is 28.4 Å². The van der Waals surface area contributed by atoms with Crippen molar-refractivity contribution in [2.24, 2.45) is 0 Å². The van der Waals surface area contributed by atoms with E-state index in [4.69, 9.17) is 14.6 Å². The number of pyridine rings is 1. The van der Waals surface area contributed by atoms with Crippen molar-refractivity contribution in [2.75, 3.05) is 60.6 Å². The number of hydrogen-bond donors (Lipinski definition) is 0. The van der Waals surface area contributed by atoms with Gasteiger partial charge in [0.2, 0.25) is 11.3 Å². The second kappa shape index (κ2) is 8.50. The first-order valence-corrected chi connectivity index (χ1v) is 11.2. The molecule has 5 rings (SSSR count). The smallest absolute Gasteiger partial charge is 0.245 e. The Kier molecular flexibility index (Phi) is 5.44. The highest BCUT2D eigenvalue weighted by molar-refractivity contribution is 7.99. The van der Waals surface area contributed by atoms with Crippen molar-refractivity contribution in [3.63, 3.8) is 0 Å². The molecule has 0 aromatic carbocycles. The van der Waals surface area contributed by atoms with E-state index in [1.54, 1.807) is 0 Å². The average Bonchev–Trinajstić information content (AvgIpc) is 3.11. The fourth-order valence-electron chi connectivity index (χ4n) is 3.91. The SMILES string of the molecule is c1cncc(CN2CCCN(c3nc4nonc4nc3N3CCSCC3)CC2)c1. The van der Waals surface area contributed by atoms with Crippen molar-refractivity contribution in [2.45, 2.75) is 13.0 Å². The largest absolute Gasteiger partial charge is 0.352 e. The summed E-state index contributed by atoms with van der Waals surface area (Å²) in [5.41, 5.74) is 2.21. The molecule has 9 nitrogen and oxygen atoms in total. The van der Waals surface area contributed by atoms with Gasteiger partial charge >= 0.3 is 0 Å². The van der Waals surface area contributed by atoms with Crippen LogP contribution in [-0.4, -0.2) is 80.9 Å². The molecular weight excluding hydrogens is 388 g/mol. The number of rotatable bonds is 4. The molecule has 0 spiro atoms. The molecule has 10 heteroatoms. The summed E-state index contributed by atoms with van der Waals surface area (Å²) in [5.74, 6) is 4.03. The number of nitrogens with zero attached hydrogens (tertiary/aromatic N) is 8. The maximum absolute atomic E-state index is 4.88. The van der Waals surface area contributed by atoms with Crippen LogP contribution in [0, 0.1) is 0 Å². The number of fused-ring (bicyclic) bond motifs is 1. The molecule has 0 N–H and O–H groups in total. The van der Waals surface area contributed by atoms with Crippen LogP contribution < -0.4 is 9.80 Å². The number of anilines is 2. The topological polar surface area (TPSA) is 87.3 Å². The lowest BCUT2D eigenvalue weighted by Gasteiger charge is -2.31. The predicted molar refractivity (Wildman–Crippen MR) is 113 cm³/mol. The first-order chi connectivity index (χ1) is 14.4. The van der Waals surface area contributed by atoms with E-state index in [1.165, 1.54) is 5.56 Å². The summed E-state index contributed by atoms with van der Waals surface area (Å²) in [6, 6.07) is 4.14. The van der Waals surface area contributed by atoms with E-state index >= 15 is 0 Å². The first-order valence-electron chi connectivity index (χ1n) is 10.1. The molecule has 3 aromatic heterocycles. The van der Waals surface area contributed by atoms with Crippen LogP contribution in [0.4, 0.5) is 11.6 Å². The van der Waals surface area contributed by atoms with E-state index in [1.807, 2.05) is 30.2 Å². The van der Waals surface area contributed by atoms with Crippen molar-refractivity contribution < 1.29 is 4.63 Å². The summed E-state index contributed by atoms with van der Waals surface area (Å²) >= 11 is 1.98. The number of hydrogen-bond acceptors (Lipinski definition) is 10. The highest BCUT2D eigenvalue weighted by Crippen LogP contribution is 2.30. The Morgan fingerprint density at radius 1 is 0.897 bits per heavy atom. The molecule has 2 saturated heterocycles. The second-order valence-corrected chi connectivity index (χ2v) is 8.58. The van der Waals surface area contributed by atoms with Gasteiger partial charge in [-0.1, -0.05) is 6.07 Å². The summed E-state index contributed by atoms with van der Waals surface area (Å²) in [5, 5.41) is 7.84. The van der Waals surface area contributed by atoms with E-state index in [0.29, 0.717) is 11.3 Å². The Hall–Kier alpha value is -2.46. The minimum absolute atomic E-state index is 0.478. The molecule has 0 unspecified atom stereocenters. The van der Waals surface area contributed by atoms with Crippen LogP contribution in [0.15, 0.2) is 29.2 Å². The third kappa shape index (κ3) is 4.13. The van der Waals surface area contributed by atoms with E-state index in [0.717, 1.165) is 75.4 Å². The Balaban J connectivity index is 1.38. The number of aromatic nitrogens is 5. The molecule has 2 aliphatic heterocycles. The van der Waals surface area contributed by atoms with E-state index in [-0.39, 0.29) is 0 Å². The van der Waals surface area contributed by atoms with Gasteiger partial charge in [-0.25, -0.2) is 14.6 Å². The zero-order chi connectivity index (χ0) is 19.5. The Morgan fingerprint density at radius 2 is 1.66 bits per heavy atom. The van der Waals surface area contributed by atoms with Gasteiger partial charge in [-0.2, -0.15) is 11.8 Å². The second-order valence-electron chi connectivity index (χ2n) is 7.36. The molecule has 29 heavy (non-hydrogen) atoms. The van der Waals surface area contributed by atoms with Crippen LogP contribution in [0.5, 0.6) is 0 Å². The zero-order valence-electron chi connectivity index (χ0n) is 16.3. The van der Waals surface area contributed by atoms with Crippen LogP contribution in [-0.2, 0) is 6.54 Å². The fourth-order valence-corrected chi connectivity index (χ4v) is 4.81. The van der Waals surface area contributed by atoms with Crippen LogP contribution in [0.3, 0.4) is 0 Å². The highest BCUT2D eigenvalue weighted by atomic mass is 32.2. The van der Waals surface area contributed by atoms with E-state index in [9.17, 15) is 0 Å². The summed E-state index contributed by atoms with van der Waals surface area (Å²) < 4.78 is 4.88. The molecule has 3 aromatic rings. The van der Waals surface area contributed by atoms with Gasteiger partial charge in [0, 0.05) is 69.7 Å². The lowest BCUT2D eigenvalue weighted by molar-refractivity contribution is 0.285. The molecule has 0 amide bonds. The summed E-state index contributed by atoms with van der Waals surface area (Å²) in [4.78, 5) is 21.0. The molecular formula is C19H24N8OS. The minimum Gasteiger partial charge on any atom is -0.352 e. The van der Waals surface area contributed by atoms with Gasteiger partial charge in [0.05, 0.1) is 0 Å². The maximum atomic E-state index is 4.88. The van der Waals surface area contributed by atoms with Gasteiger partial charge < -0.3 is 9.80 Å². The molecule has 2 fully saturated rings. The molecule has 152 valence electrons. The third-order valence-corrected chi connectivity index (χ3v) is 6.35. The monoisotopic (exact) mass is 412 g/mol. The van der Waals surface area contributed by atoms with Gasteiger partial charge in [0.25, 0.3) is 0 Å². The number of thioether (sulfide) groups is 1. The van der Waals surface area contributed by atoms with Crippen molar-refractivity contribution in [1.29, 1.82) is 0 Å². The van der Waals surface area contributed by atoms with Crippen molar-refractivity contribution in [3.8, 4) is 0 Å². The average molecular weight is 413 g/mol. The van der Waals surface area contributed by atoms with E-state index < -0.39 is 0 Å². The lowest BCUT2D eigenvalue weighted by atomic mass is 10.2. The van der Waals surface area contributed by atoms with Crippen molar-refractivity contribution in [1.82, 2.24) is 30.2 Å². The quantitative estimate of drug-likeness (QED) is 0.630. The molecule has 0 bridgehead atoms. The van der Waals surface area contributed by atoms with Gasteiger partial charge in [-0.3, -0.25) is 9.88 Å². The Bertz CT molecular complexity index is 946. The first kappa shape index (κ1) is 18.6.